The van der Waals surface area contributed by atoms with Crippen molar-refractivity contribution in [3.05, 3.63) is 11.7 Å². The second kappa shape index (κ2) is 4.23. The molecule has 1 saturated carbocycles. The third kappa shape index (κ3) is 1.94. The highest BCUT2D eigenvalue weighted by Crippen LogP contribution is 2.43. The topological polar surface area (TPSA) is 76.2 Å². The smallest absolute Gasteiger partial charge is 0.307 e. The van der Waals surface area contributed by atoms with Gasteiger partial charge >= 0.3 is 5.97 Å². The monoisotopic (exact) mass is 224 g/mol. The number of carboxylic acids is 1. The number of hydrogen-bond acceptors (Lipinski definition) is 4. The molecule has 3 unspecified atom stereocenters. The van der Waals surface area contributed by atoms with Crippen molar-refractivity contribution in [3.63, 3.8) is 0 Å². The van der Waals surface area contributed by atoms with Gasteiger partial charge in [0.1, 0.15) is 0 Å². The third-order valence-electron chi connectivity index (χ3n) is 3.42. The lowest BCUT2D eigenvalue weighted by atomic mass is 9.96. The van der Waals surface area contributed by atoms with E-state index >= 15 is 0 Å². The van der Waals surface area contributed by atoms with Crippen LogP contribution in [0.1, 0.15) is 43.8 Å². The van der Waals surface area contributed by atoms with Crippen LogP contribution in [0.2, 0.25) is 0 Å². The molecule has 1 aliphatic carbocycles. The van der Waals surface area contributed by atoms with Gasteiger partial charge in [-0.05, 0) is 25.7 Å². The van der Waals surface area contributed by atoms with Gasteiger partial charge in [-0.2, -0.15) is 4.98 Å². The lowest BCUT2D eigenvalue weighted by Crippen LogP contribution is -2.17. The quantitative estimate of drug-likeness (QED) is 0.849. The SMILES string of the molecule is CCC1CC(C(=O)O)C(c2nc(C)no2)C1. The van der Waals surface area contributed by atoms with Crippen LogP contribution in [-0.4, -0.2) is 21.2 Å². The van der Waals surface area contributed by atoms with Crippen LogP contribution in [0, 0.1) is 18.8 Å². The van der Waals surface area contributed by atoms with Crippen LogP contribution >= 0.6 is 0 Å². The summed E-state index contributed by atoms with van der Waals surface area (Å²) in [5.74, 6) is 0.281. The van der Waals surface area contributed by atoms with E-state index in [1.54, 1.807) is 6.92 Å². The molecule has 0 aromatic carbocycles. The highest BCUT2D eigenvalue weighted by atomic mass is 16.5. The average Bonchev–Trinajstić information content (AvgIpc) is 2.82. The molecule has 3 atom stereocenters. The number of aliphatic carboxylic acids is 1. The minimum Gasteiger partial charge on any atom is -0.481 e. The van der Waals surface area contributed by atoms with Gasteiger partial charge in [-0.15, -0.1) is 0 Å². The molecule has 1 aliphatic rings. The van der Waals surface area contributed by atoms with Crippen molar-refractivity contribution in [1.29, 1.82) is 0 Å². The molecule has 1 fully saturated rings. The van der Waals surface area contributed by atoms with Crippen molar-refractivity contribution in [3.8, 4) is 0 Å². The molecular formula is C11H16N2O3. The van der Waals surface area contributed by atoms with Gasteiger partial charge in [0.15, 0.2) is 5.82 Å². The van der Waals surface area contributed by atoms with Gasteiger partial charge < -0.3 is 9.63 Å². The Kier molecular flexibility index (Phi) is 2.94. The van der Waals surface area contributed by atoms with Crippen molar-refractivity contribution >= 4 is 5.97 Å². The number of aromatic nitrogens is 2. The Morgan fingerprint density at radius 3 is 2.81 bits per heavy atom. The Balaban J connectivity index is 2.21. The molecule has 1 aromatic rings. The lowest BCUT2D eigenvalue weighted by molar-refractivity contribution is -0.142. The van der Waals surface area contributed by atoms with Gasteiger partial charge in [0.25, 0.3) is 0 Å². The van der Waals surface area contributed by atoms with Gasteiger partial charge in [0, 0.05) is 0 Å². The molecule has 0 aliphatic heterocycles. The normalized spacial score (nSPS) is 29.5. The molecular weight excluding hydrogens is 208 g/mol. The first-order valence-electron chi connectivity index (χ1n) is 5.64. The predicted octanol–water partition coefficient (Wildman–Crippen LogP) is 1.98. The highest BCUT2D eigenvalue weighted by molar-refractivity contribution is 5.71. The number of nitrogens with zero attached hydrogens (tertiary/aromatic N) is 2. The van der Waals surface area contributed by atoms with Gasteiger partial charge in [0.2, 0.25) is 5.89 Å². The lowest BCUT2D eigenvalue weighted by Gasteiger charge is -2.09. The Hall–Kier alpha value is -1.39. The molecule has 1 heterocycles. The Morgan fingerprint density at radius 2 is 2.31 bits per heavy atom. The molecule has 88 valence electrons. The highest BCUT2D eigenvalue weighted by Gasteiger charge is 2.41. The van der Waals surface area contributed by atoms with E-state index in [4.69, 9.17) is 4.52 Å². The fraction of sp³-hybridized carbons (Fsp3) is 0.727. The van der Waals surface area contributed by atoms with Crippen LogP contribution < -0.4 is 0 Å². The Labute approximate surface area is 93.9 Å². The summed E-state index contributed by atoms with van der Waals surface area (Å²) in [6, 6.07) is 0. The Bertz CT molecular complexity index is 388. The summed E-state index contributed by atoms with van der Waals surface area (Å²) in [6.45, 7) is 3.83. The molecule has 0 amide bonds. The molecule has 0 bridgehead atoms. The summed E-state index contributed by atoms with van der Waals surface area (Å²) in [7, 11) is 0. The molecule has 1 N–H and O–H groups in total. The number of aryl methyl sites for hydroxylation is 1. The van der Waals surface area contributed by atoms with Crippen LogP contribution in [0.5, 0.6) is 0 Å². The zero-order valence-corrected chi connectivity index (χ0v) is 9.51. The van der Waals surface area contributed by atoms with Crippen molar-refractivity contribution in [2.75, 3.05) is 0 Å². The van der Waals surface area contributed by atoms with Gasteiger partial charge in [-0.3, -0.25) is 4.79 Å². The molecule has 5 nitrogen and oxygen atoms in total. The summed E-state index contributed by atoms with van der Waals surface area (Å²) in [6.07, 6.45) is 2.57. The van der Waals surface area contributed by atoms with E-state index in [0.717, 1.165) is 19.3 Å². The molecule has 16 heavy (non-hydrogen) atoms. The third-order valence-corrected chi connectivity index (χ3v) is 3.42. The van der Waals surface area contributed by atoms with Crippen LogP contribution in [0.25, 0.3) is 0 Å². The van der Waals surface area contributed by atoms with Gasteiger partial charge in [-0.25, -0.2) is 0 Å². The number of rotatable bonds is 3. The first kappa shape index (κ1) is 11.1. The molecule has 0 saturated heterocycles. The zero-order valence-electron chi connectivity index (χ0n) is 9.51. The fourth-order valence-electron chi connectivity index (χ4n) is 2.49. The number of hydrogen-bond donors (Lipinski definition) is 1. The first-order chi connectivity index (χ1) is 7.61. The average molecular weight is 224 g/mol. The minimum atomic E-state index is -0.753. The van der Waals surface area contributed by atoms with Crippen molar-refractivity contribution < 1.29 is 14.4 Å². The summed E-state index contributed by atoms with van der Waals surface area (Å²) in [5.41, 5.74) is 0. The summed E-state index contributed by atoms with van der Waals surface area (Å²) in [5, 5.41) is 12.9. The maximum atomic E-state index is 11.2. The van der Waals surface area contributed by atoms with Crippen LogP contribution in [0.4, 0.5) is 0 Å². The van der Waals surface area contributed by atoms with E-state index in [2.05, 4.69) is 17.1 Å². The van der Waals surface area contributed by atoms with E-state index in [0.29, 0.717) is 17.6 Å². The van der Waals surface area contributed by atoms with E-state index < -0.39 is 5.97 Å². The molecule has 2 rings (SSSR count). The second-order valence-electron chi connectivity index (χ2n) is 4.48. The van der Waals surface area contributed by atoms with Crippen molar-refractivity contribution in [1.82, 2.24) is 10.1 Å². The number of carbonyl (C=O) groups is 1. The minimum absolute atomic E-state index is 0.108. The summed E-state index contributed by atoms with van der Waals surface area (Å²) < 4.78 is 5.10. The largest absolute Gasteiger partial charge is 0.481 e. The molecule has 0 radical (unpaired) electrons. The summed E-state index contributed by atoms with van der Waals surface area (Å²) in [4.78, 5) is 15.3. The Morgan fingerprint density at radius 1 is 1.56 bits per heavy atom. The van der Waals surface area contributed by atoms with Gasteiger partial charge in [-0.1, -0.05) is 18.5 Å². The van der Waals surface area contributed by atoms with Crippen LogP contribution in [-0.2, 0) is 4.79 Å². The summed E-state index contributed by atoms with van der Waals surface area (Å²) >= 11 is 0. The van der Waals surface area contributed by atoms with Crippen molar-refractivity contribution in [2.24, 2.45) is 11.8 Å². The zero-order chi connectivity index (χ0) is 11.7. The van der Waals surface area contributed by atoms with E-state index in [1.807, 2.05) is 0 Å². The molecule has 0 spiro atoms. The molecule has 1 aromatic heterocycles. The first-order valence-corrected chi connectivity index (χ1v) is 5.64. The fourth-order valence-corrected chi connectivity index (χ4v) is 2.49. The van der Waals surface area contributed by atoms with E-state index in [9.17, 15) is 9.90 Å². The van der Waals surface area contributed by atoms with E-state index in [1.165, 1.54) is 0 Å². The maximum Gasteiger partial charge on any atom is 0.307 e. The van der Waals surface area contributed by atoms with Crippen LogP contribution in [0.15, 0.2) is 4.52 Å². The predicted molar refractivity (Wildman–Crippen MR) is 55.9 cm³/mol. The maximum absolute atomic E-state index is 11.2. The number of carboxylic acid groups (broad SMARTS) is 1. The standard InChI is InChI=1S/C11H16N2O3/c1-3-7-4-8(9(5-7)11(14)15)10-12-6(2)13-16-10/h7-9H,3-5H2,1-2H3,(H,14,15). The van der Waals surface area contributed by atoms with Crippen LogP contribution in [0.3, 0.4) is 0 Å². The van der Waals surface area contributed by atoms with E-state index in [-0.39, 0.29) is 11.8 Å². The molecule has 5 heteroatoms. The second-order valence-corrected chi connectivity index (χ2v) is 4.48. The van der Waals surface area contributed by atoms with Gasteiger partial charge in [0.05, 0.1) is 11.8 Å². The van der Waals surface area contributed by atoms with Crippen molar-refractivity contribution in [2.45, 2.75) is 39.0 Å².